The van der Waals surface area contributed by atoms with Crippen LogP contribution < -0.4 is 5.32 Å². The smallest absolute Gasteiger partial charge is 0.0947 e. The molecule has 0 aliphatic heterocycles. The number of nitrogens with one attached hydrogen (secondary N) is 1. The van der Waals surface area contributed by atoms with E-state index in [9.17, 15) is 0 Å². The molecule has 0 spiro atoms. The molecule has 1 aromatic heterocycles. The molecule has 1 aromatic rings. The number of rotatable bonds is 8. The fraction of sp³-hybridized carbons (Fsp3) is 0.667. The lowest BCUT2D eigenvalue weighted by Gasteiger charge is -2.07. The van der Waals surface area contributed by atoms with E-state index in [1.165, 1.54) is 5.56 Å². The molecule has 0 aliphatic rings. The lowest BCUT2D eigenvalue weighted by molar-refractivity contribution is 0.0760. The van der Waals surface area contributed by atoms with Crippen molar-refractivity contribution in [3.8, 4) is 0 Å². The minimum atomic E-state index is 0.351. The van der Waals surface area contributed by atoms with Crippen molar-refractivity contribution in [3.63, 3.8) is 0 Å². The zero-order chi connectivity index (χ0) is 10.9. The van der Waals surface area contributed by atoms with Crippen molar-refractivity contribution < 1.29 is 9.15 Å². The SMILES string of the molecule is CC(C)OCCCCNCc1ccoc1. The first-order chi connectivity index (χ1) is 7.29. The van der Waals surface area contributed by atoms with Gasteiger partial charge in [-0.3, -0.25) is 0 Å². The fourth-order valence-electron chi connectivity index (χ4n) is 1.30. The molecule has 1 N–H and O–H groups in total. The van der Waals surface area contributed by atoms with Crippen LogP contribution in [0.3, 0.4) is 0 Å². The first-order valence-corrected chi connectivity index (χ1v) is 5.62. The van der Waals surface area contributed by atoms with Gasteiger partial charge in [-0.05, 0) is 39.3 Å². The van der Waals surface area contributed by atoms with E-state index in [0.29, 0.717) is 6.10 Å². The Hall–Kier alpha value is -0.800. The minimum Gasteiger partial charge on any atom is -0.472 e. The van der Waals surface area contributed by atoms with Gasteiger partial charge in [0.25, 0.3) is 0 Å². The second kappa shape index (κ2) is 7.49. The van der Waals surface area contributed by atoms with E-state index in [1.807, 2.05) is 6.07 Å². The Kier molecular flexibility index (Phi) is 6.12. The van der Waals surface area contributed by atoms with Gasteiger partial charge < -0.3 is 14.5 Å². The highest BCUT2D eigenvalue weighted by molar-refractivity contribution is 5.04. The number of hydrogen-bond donors (Lipinski definition) is 1. The van der Waals surface area contributed by atoms with Crippen LogP contribution in [-0.2, 0) is 11.3 Å². The van der Waals surface area contributed by atoms with E-state index in [1.54, 1.807) is 12.5 Å². The van der Waals surface area contributed by atoms with E-state index < -0.39 is 0 Å². The largest absolute Gasteiger partial charge is 0.472 e. The van der Waals surface area contributed by atoms with Gasteiger partial charge >= 0.3 is 0 Å². The van der Waals surface area contributed by atoms with Crippen LogP contribution >= 0.6 is 0 Å². The summed E-state index contributed by atoms with van der Waals surface area (Å²) in [5.41, 5.74) is 1.20. The predicted molar refractivity (Wildman–Crippen MR) is 60.7 cm³/mol. The first-order valence-electron chi connectivity index (χ1n) is 5.62. The van der Waals surface area contributed by atoms with Gasteiger partial charge in [0.1, 0.15) is 0 Å². The van der Waals surface area contributed by atoms with Crippen LogP contribution in [0.15, 0.2) is 23.0 Å². The summed E-state index contributed by atoms with van der Waals surface area (Å²) in [5, 5.41) is 3.36. The number of furan rings is 1. The molecule has 1 heterocycles. The third-order valence-electron chi connectivity index (χ3n) is 2.11. The Labute approximate surface area is 91.8 Å². The molecule has 0 saturated heterocycles. The molecule has 86 valence electrons. The van der Waals surface area contributed by atoms with Crippen LogP contribution in [-0.4, -0.2) is 19.3 Å². The van der Waals surface area contributed by atoms with Crippen molar-refractivity contribution >= 4 is 0 Å². The van der Waals surface area contributed by atoms with Gasteiger partial charge in [0.05, 0.1) is 18.6 Å². The van der Waals surface area contributed by atoms with Crippen molar-refractivity contribution in [2.75, 3.05) is 13.2 Å². The summed E-state index contributed by atoms with van der Waals surface area (Å²) in [6, 6.07) is 1.98. The predicted octanol–water partition coefficient (Wildman–Crippen LogP) is 2.57. The monoisotopic (exact) mass is 211 g/mol. The standard InChI is InChI=1S/C12H21NO2/c1-11(2)15-7-4-3-6-13-9-12-5-8-14-10-12/h5,8,10-11,13H,3-4,6-7,9H2,1-2H3. The molecule has 0 bridgehead atoms. The van der Waals surface area contributed by atoms with Gasteiger partial charge in [0.15, 0.2) is 0 Å². The van der Waals surface area contributed by atoms with Crippen molar-refractivity contribution in [1.82, 2.24) is 5.32 Å². The molecule has 0 amide bonds. The Morgan fingerprint density at radius 3 is 2.93 bits per heavy atom. The zero-order valence-corrected chi connectivity index (χ0v) is 9.66. The Morgan fingerprint density at radius 2 is 2.27 bits per heavy atom. The Bertz CT molecular complexity index is 232. The van der Waals surface area contributed by atoms with Gasteiger partial charge in [-0.15, -0.1) is 0 Å². The molecule has 0 aromatic carbocycles. The first kappa shape index (κ1) is 12.3. The Balaban J connectivity index is 1.85. The number of ether oxygens (including phenoxy) is 1. The zero-order valence-electron chi connectivity index (χ0n) is 9.66. The average Bonchev–Trinajstić information content (AvgIpc) is 2.68. The quantitative estimate of drug-likeness (QED) is 0.671. The highest BCUT2D eigenvalue weighted by Crippen LogP contribution is 1.99. The topological polar surface area (TPSA) is 34.4 Å². The summed E-state index contributed by atoms with van der Waals surface area (Å²) in [5.74, 6) is 0. The summed E-state index contributed by atoms with van der Waals surface area (Å²) < 4.78 is 10.4. The lowest BCUT2D eigenvalue weighted by Crippen LogP contribution is -2.15. The molecule has 3 heteroatoms. The molecule has 0 saturated carbocycles. The van der Waals surface area contributed by atoms with Crippen molar-refractivity contribution in [3.05, 3.63) is 24.2 Å². The number of hydrogen-bond acceptors (Lipinski definition) is 3. The summed E-state index contributed by atoms with van der Waals surface area (Å²) in [6.45, 7) is 6.92. The molecule has 1 rings (SSSR count). The summed E-state index contributed by atoms with van der Waals surface area (Å²) in [4.78, 5) is 0. The van der Waals surface area contributed by atoms with Crippen LogP contribution in [0, 0.1) is 0 Å². The highest BCUT2D eigenvalue weighted by Gasteiger charge is 1.95. The van der Waals surface area contributed by atoms with Gasteiger partial charge in [0, 0.05) is 18.7 Å². The normalized spacial score (nSPS) is 11.1. The molecule has 0 fully saturated rings. The maximum Gasteiger partial charge on any atom is 0.0947 e. The second-order valence-electron chi connectivity index (χ2n) is 3.94. The van der Waals surface area contributed by atoms with Gasteiger partial charge in [0.2, 0.25) is 0 Å². The molecule has 0 aliphatic carbocycles. The van der Waals surface area contributed by atoms with Crippen molar-refractivity contribution in [1.29, 1.82) is 0 Å². The van der Waals surface area contributed by atoms with E-state index >= 15 is 0 Å². The Morgan fingerprint density at radius 1 is 1.40 bits per heavy atom. The van der Waals surface area contributed by atoms with Crippen LogP contribution in [0.4, 0.5) is 0 Å². The van der Waals surface area contributed by atoms with Crippen LogP contribution in [0.25, 0.3) is 0 Å². The van der Waals surface area contributed by atoms with E-state index in [2.05, 4.69) is 19.2 Å². The fourth-order valence-corrected chi connectivity index (χ4v) is 1.30. The molecule has 0 atom stereocenters. The van der Waals surface area contributed by atoms with Crippen LogP contribution in [0.2, 0.25) is 0 Å². The number of unbranched alkanes of at least 4 members (excludes halogenated alkanes) is 1. The van der Waals surface area contributed by atoms with E-state index in [-0.39, 0.29) is 0 Å². The molecule has 3 nitrogen and oxygen atoms in total. The maximum absolute atomic E-state index is 5.45. The molecular weight excluding hydrogens is 190 g/mol. The van der Waals surface area contributed by atoms with Crippen LogP contribution in [0.5, 0.6) is 0 Å². The third kappa shape index (κ3) is 6.31. The molecule has 0 radical (unpaired) electrons. The summed E-state index contributed by atoms with van der Waals surface area (Å²) in [6.07, 6.45) is 6.10. The summed E-state index contributed by atoms with van der Waals surface area (Å²) in [7, 11) is 0. The molecule has 15 heavy (non-hydrogen) atoms. The van der Waals surface area contributed by atoms with E-state index in [0.717, 1.165) is 32.5 Å². The highest BCUT2D eigenvalue weighted by atomic mass is 16.5. The molecule has 0 unspecified atom stereocenters. The van der Waals surface area contributed by atoms with Gasteiger partial charge in [-0.1, -0.05) is 0 Å². The lowest BCUT2D eigenvalue weighted by atomic mass is 10.3. The minimum absolute atomic E-state index is 0.351. The molecular formula is C12H21NO2. The van der Waals surface area contributed by atoms with Crippen LogP contribution in [0.1, 0.15) is 32.3 Å². The summed E-state index contributed by atoms with van der Waals surface area (Å²) >= 11 is 0. The van der Waals surface area contributed by atoms with Crippen molar-refractivity contribution in [2.24, 2.45) is 0 Å². The average molecular weight is 211 g/mol. The maximum atomic E-state index is 5.45. The van der Waals surface area contributed by atoms with Gasteiger partial charge in [-0.2, -0.15) is 0 Å². The van der Waals surface area contributed by atoms with Crippen molar-refractivity contribution in [2.45, 2.75) is 39.3 Å². The van der Waals surface area contributed by atoms with E-state index in [4.69, 9.17) is 9.15 Å². The van der Waals surface area contributed by atoms with Gasteiger partial charge in [-0.25, -0.2) is 0 Å². The second-order valence-corrected chi connectivity index (χ2v) is 3.94. The third-order valence-corrected chi connectivity index (χ3v) is 2.11.